The first-order valence-electron chi connectivity index (χ1n) is 6.03. The van der Waals surface area contributed by atoms with Gasteiger partial charge >= 0.3 is 0 Å². The highest BCUT2D eigenvalue weighted by Gasteiger charge is 2.12. The Hall–Kier alpha value is -1.59. The topological polar surface area (TPSA) is 51.2 Å². The quantitative estimate of drug-likeness (QED) is 0.878. The molecule has 106 valence electrons. The zero-order valence-corrected chi connectivity index (χ0v) is 13.1. The predicted octanol–water partition coefficient (Wildman–Crippen LogP) is 3.61. The van der Waals surface area contributed by atoms with Gasteiger partial charge in [0.15, 0.2) is 5.13 Å². The Bertz CT molecular complexity index is 640. The minimum absolute atomic E-state index is 0.0738. The summed E-state index contributed by atoms with van der Waals surface area (Å²) in [5, 5.41) is 3.24. The van der Waals surface area contributed by atoms with Crippen molar-refractivity contribution in [1.82, 2.24) is 4.98 Å². The minimum atomic E-state index is -0.252. The summed E-state index contributed by atoms with van der Waals surface area (Å²) >= 11 is 6.91. The zero-order chi connectivity index (χ0) is 14.7. The number of nitrogens with one attached hydrogen (secondary N) is 1. The van der Waals surface area contributed by atoms with Crippen molar-refractivity contribution in [3.8, 4) is 17.0 Å². The summed E-state index contributed by atoms with van der Waals surface area (Å²) in [5.74, 6) is 0.519. The second-order valence-corrected chi connectivity index (χ2v) is 5.76. The van der Waals surface area contributed by atoms with Crippen LogP contribution in [-0.2, 0) is 4.79 Å². The molecule has 1 heterocycles. The fraction of sp³-hybridized carbons (Fsp3) is 0.286. The number of aromatic nitrogens is 1. The van der Waals surface area contributed by atoms with Gasteiger partial charge in [-0.15, -0.1) is 22.9 Å². The van der Waals surface area contributed by atoms with E-state index in [2.05, 4.69) is 10.3 Å². The van der Waals surface area contributed by atoms with Crippen LogP contribution in [-0.4, -0.2) is 23.9 Å². The molecule has 0 aliphatic carbocycles. The van der Waals surface area contributed by atoms with E-state index in [-0.39, 0.29) is 11.8 Å². The molecule has 0 radical (unpaired) electrons. The second kappa shape index (κ2) is 6.24. The molecule has 0 aliphatic rings. The predicted molar refractivity (Wildman–Crippen MR) is 82.9 cm³/mol. The van der Waals surface area contributed by atoms with Crippen molar-refractivity contribution < 1.29 is 9.53 Å². The third-order valence-electron chi connectivity index (χ3n) is 2.83. The van der Waals surface area contributed by atoms with Crippen LogP contribution in [0.25, 0.3) is 11.3 Å². The summed E-state index contributed by atoms with van der Waals surface area (Å²) in [6.45, 7) is 3.96. The summed E-state index contributed by atoms with van der Waals surface area (Å²) in [7, 11) is 1.65. The van der Waals surface area contributed by atoms with Crippen molar-refractivity contribution in [1.29, 1.82) is 0 Å². The number of alkyl halides is 1. The highest BCUT2D eigenvalue weighted by atomic mass is 35.5. The molecule has 0 bridgehead atoms. The van der Waals surface area contributed by atoms with Gasteiger partial charge in [-0.25, -0.2) is 4.98 Å². The van der Waals surface area contributed by atoms with E-state index in [9.17, 15) is 4.79 Å². The van der Waals surface area contributed by atoms with E-state index in [1.54, 1.807) is 7.11 Å². The molecule has 1 amide bonds. The summed E-state index contributed by atoms with van der Waals surface area (Å²) in [6.07, 6.45) is 0. The summed E-state index contributed by atoms with van der Waals surface area (Å²) in [5.41, 5.74) is 2.91. The van der Waals surface area contributed by atoms with E-state index in [4.69, 9.17) is 16.3 Å². The lowest BCUT2D eigenvalue weighted by molar-refractivity contribution is -0.113. The molecule has 1 aromatic heterocycles. The number of carbonyl (C=O) groups is 1. The van der Waals surface area contributed by atoms with Gasteiger partial charge in [-0.05, 0) is 37.6 Å². The largest absolute Gasteiger partial charge is 0.496 e. The minimum Gasteiger partial charge on any atom is -0.496 e. The third kappa shape index (κ3) is 3.11. The van der Waals surface area contributed by atoms with Gasteiger partial charge in [0.2, 0.25) is 5.91 Å². The number of nitrogens with zero attached hydrogens (tertiary/aromatic N) is 1. The number of rotatable bonds is 4. The van der Waals surface area contributed by atoms with Crippen molar-refractivity contribution in [3.05, 3.63) is 28.6 Å². The number of carbonyl (C=O) groups excluding carboxylic acids is 1. The average molecular weight is 311 g/mol. The maximum atomic E-state index is 11.3. The lowest BCUT2D eigenvalue weighted by Crippen LogP contribution is -2.12. The van der Waals surface area contributed by atoms with Crippen LogP contribution in [0.4, 0.5) is 5.13 Å². The highest BCUT2D eigenvalue weighted by Crippen LogP contribution is 2.32. The number of halogens is 1. The maximum Gasteiger partial charge on any atom is 0.241 e. The van der Waals surface area contributed by atoms with Gasteiger partial charge < -0.3 is 10.1 Å². The van der Waals surface area contributed by atoms with Crippen LogP contribution in [0.2, 0.25) is 0 Å². The number of hydrogen-bond donors (Lipinski definition) is 1. The van der Waals surface area contributed by atoms with Gasteiger partial charge in [-0.1, -0.05) is 0 Å². The molecule has 0 fully saturated rings. The van der Waals surface area contributed by atoms with E-state index in [0.29, 0.717) is 5.13 Å². The Morgan fingerprint density at radius 2 is 2.20 bits per heavy atom. The molecule has 0 saturated heterocycles. The molecule has 0 unspecified atom stereocenters. The zero-order valence-electron chi connectivity index (χ0n) is 11.5. The molecular weight excluding hydrogens is 296 g/mol. The summed E-state index contributed by atoms with van der Waals surface area (Å²) < 4.78 is 5.25. The van der Waals surface area contributed by atoms with Crippen LogP contribution >= 0.6 is 22.9 Å². The molecule has 20 heavy (non-hydrogen) atoms. The number of amides is 1. The van der Waals surface area contributed by atoms with Crippen LogP contribution in [0.15, 0.2) is 18.2 Å². The molecule has 2 rings (SSSR count). The van der Waals surface area contributed by atoms with Gasteiger partial charge in [-0.2, -0.15) is 0 Å². The van der Waals surface area contributed by atoms with Gasteiger partial charge in [0.1, 0.15) is 11.6 Å². The van der Waals surface area contributed by atoms with Gasteiger partial charge in [-0.3, -0.25) is 4.79 Å². The first kappa shape index (κ1) is 14.8. The van der Waals surface area contributed by atoms with Crippen molar-refractivity contribution in [2.45, 2.75) is 13.8 Å². The molecule has 0 saturated carbocycles. The molecular formula is C14H15ClN2O2S. The Labute approximate surface area is 126 Å². The first-order valence-corrected chi connectivity index (χ1v) is 7.38. The molecule has 0 atom stereocenters. The Morgan fingerprint density at radius 3 is 2.80 bits per heavy atom. The second-order valence-electron chi connectivity index (χ2n) is 4.29. The summed E-state index contributed by atoms with van der Waals surface area (Å²) in [6, 6.07) is 5.90. The van der Waals surface area contributed by atoms with Gasteiger partial charge in [0.25, 0.3) is 0 Å². The van der Waals surface area contributed by atoms with Crippen molar-refractivity contribution in [2.75, 3.05) is 18.3 Å². The van der Waals surface area contributed by atoms with E-state index < -0.39 is 0 Å². The van der Waals surface area contributed by atoms with Crippen LogP contribution < -0.4 is 10.1 Å². The summed E-state index contributed by atoms with van der Waals surface area (Å²) in [4.78, 5) is 16.8. The fourth-order valence-electron chi connectivity index (χ4n) is 1.90. The van der Waals surface area contributed by atoms with Crippen LogP contribution in [0.1, 0.15) is 10.4 Å². The number of thiazole rings is 1. The number of methoxy groups -OCH3 is 1. The van der Waals surface area contributed by atoms with Gasteiger partial charge in [0.05, 0.1) is 12.8 Å². The number of anilines is 1. The molecule has 1 aromatic carbocycles. The molecule has 0 spiro atoms. The molecule has 1 N–H and O–H groups in total. The lowest BCUT2D eigenvalue weighted by atomic mass is 10.1. The smallest absolute Gasteiger partial charge is 0.241 e. The standard InChI is InChI=1S/C14H15ClN2O2S/c1-8-6-10(4-5-11(8)19-3)13-9(2)20-14(17-13)16-12(18)7-15/h4-6H,7H2,1-3H3,(H,16,17,18). The van der Waals surface area contributed by atoms with E-state index in [1.165, 1.54) is 11.3 Å². The molecule has 2 aromatic rings. The highest BCUT2D eigenvalue weighted by molar-refractivity contribution is 7.16. The van der Waals surface area contributed by atoms with Crippen LogP contribution in [0, 0.1) is 13.8 Å². The van der Waals surface area contributed by atoms with Crippen molar-refractivity contribution >= 4 is 34.0 Å². The van der Waals surface area contributed by atoms with Crippen LogP contribution in [0.3, 0.4) is 0 Å². The maximum absolute atomic E-state index is 11.3. The van der Waals surface area contributed by atoms with Crippen LogP contribution in [0.5, 0.6) is 5.75 Å². The number of aryl methyl sites for hydroxylation is 2. The Kier molecular flexibility index (Phi) is 4.62. The van der Waals surface area contributed by atoms with E-state index in [1.807, 2.05) is 32.0 Å². The average Bonchev–Trinajstić information content (AvgIpc) is 2.79. The fourth-order valence-corrected chi connectivity index (χ4v) is 2.81. The van der Waals surface area contributed by atoms with E-state index in [0.717, 1.165) is 27.4 Å². The molecule has 4 nitrogen and oxygen atoms in total. The molecule has 6 heteroatoms. The number of ether oxygens (including phenoxy) is 1. The number of hydrogen-bond acceptors (Lipinski definition) is 4. The Morgan fingerprint density at radius 1 is 1.45 bits per heavy atom. The molecule has 0 aliphatic heterocycles. The van der Waals surface area contributed by atoms with Crippen molar-refractivity contribution in [2.24, 2.45) is 0 Å². The van der Waals surface area contributed by atoms with Gasteiger partial charge in [0, 0.05) is 10.4 Å². The van der Waals surface area contributed by atoms with E-state index >= 15 is 0 Å². The van der Waals surface area contributed by atoms with Crippen molar-refractivity contribution in [3.63, 3.8) is 0 Å². The SMILES string of the molecule is COc1ccc(-c2nc(NC(=O)CCl)sc2C)cc1C. The lowest BCUT2D eigenvalue weighted by Gasteiger charge is -2.06. The first-order chi connectivity index (χ1) is 9.55. The number of benzene rings is 1. The third-order valence-corrected chi connectivity index (χ3v) is 3.96. The normalized spacial score (nSPS) is 10.4. The Balaban J connectivity index is 2.33. The monoisotopic (exact) mass is 310 g/mol.